The molecule has 1 aromatic heterocycles. The first kappa shape index (κ1) is 25.1. The first-order chi connectivity index (χ1) is 16.6. The van der Waals surface area contributed by atoms with Crippen LogP contribution in [0, 0.1) is 19.8 Å². The largest absolute Gasteiger partial charge is 0.425 e. The van der Waals surface area contributed by atoms with Crippen molar-refractivity contribution in [3.8, 4) is 5.75 Å². The quantitative estimate of drug-likeness (QED) is 0.291. The molecule has 186 valence electrons. The Bertz CT molecular complexity index is 1420. The minimum Gasteiger partial charge on any atom is -0.425 e. The summed E-state index contributed by atoms with van der Waals surface area (Å²) in [6.45, 7) is 7.38. The van der Waals surface area contributed by atoms with Crippen LogP contribution in [0.4, 0.5) is 0 Å². The molecule has 2 unspecified atom stereocenters. The van der Waals surface area contributed by atoms with Crippen molar-refractivity contribution in [3.05, 3.63) is 69.1 Å². The number of aryl methyl sites for hydroxylation is 3. The zero-order valence-corrected chi connectivity index (χ0v) is 21.3. The summed E-state index contributed by atoms with van der Waals surface area (Å²) in [5.74, 6) is -0.724. The average Bonchev–Trinajstić information content (AvgIpc) is 2.82. The number of ether oxygens (including phenoxy) is 1. The summed E-state index contributed by atoms with van der Waals surface area (Å²) in [6, 6.07) is 8.85. The molecule has 0 radical (unpaired) electrons. The third-order valence-corrected chi connectivity index (χ3v) is 8.18. The van der Waals surface area contributed by atoms with Gasteiger partial charge >= 0.3 is 11.6 Å². The Kier molecular flexibility index (Phi) is 7.15. The molecule has 1 aliphatic rings. The molecule has 0 aliphatic heterocycles. The normalized spacial score (nSPS) is 15.4. The van der Waals surface area contributed by atoms with Crippen LogP contribution in [0.5, 0.6) is 5.75 Å². The fourth-order valence-electron chi connectivity index (χ4n) is 4.50. The maximum absolute atomic E-state index is 13.4. The predicted molar refractivity (Wildman–Crippen MR) is 134 cm³/mol. The SMILES string of the molecule is CCC(C)C(NS(=O)(=O)c1ccc(C)cc1)C(=O)Oc1cc(C)cc2oc(=O)c3c(c12)CCCC3. The van der Waals surface area contributed by atoms with E-state index in [2.05, 4.69) is 4.72 Å². The summed E-state index contributed by atoms with van der Waals surface area (Å²) in [5.41, 5.74) is 3.20. The van der Waals surface area contributed by atoms with E-state index in [0.29, 0.717) is 35.8 Å². The van der Waals surface area contributed by atoms with Gasteiger partial charge in [0.15, 0.2) is 0 Å². The highest BCUT2D eigenvalue weighted by Gasteiger charge is 2.32. The molecular formula is C27H31NO6S. The highest BCUT2D eigenvalue weighted by atomic mass is 32.2. The molecule has 0 saturated heterocycles. The first-order valence-electron chi connectivity index (χ1n) is 12.0. The van der Waals surface area contributed by atoms with E-state index in [4.69, 9.17) is 9.15 Å². The van der Waals surface area contributed by atoms with Gasteiger partial charge in [-0.25, -0.2) is 18.0 Å². The number of fused-ring (bicyclic) bond motifs is 3. The lowest BCUT2D eigenvalue weighted by Gasteiger charge is -2.24. The summed E-state index contributed by atoms with van der Waals surface area (Å²) in [5, 5.41) is 0.613. The van der Waals surface area contributed by atoms with Crippen molar-refractivity contribution in [1.82, 2.24) is 4.72 Å². The van der Waals surface area contributed by atoms with Crippen LogP contribution in [0.15, 0.2) is 50.5 Å². The van der Waals surface area contributed by atoms with Crippen molar-refractivity contribution in [2.75, 3.05) is 0 Å². The molecule has 0 amide bonds. The van der Waals surface area contributed by atoms with Gasteiger partial charge < -0.3 is 9.15 Å². The topological polar surface area (TPSA) is 103 Å². The zero-order valence-electron chi connectivity index (χ0n) is 20.5. The van der Waals surface area contributed by atoms with Gasteiger partial charge in [0.1, 0.15) is 17.4 Å². The molecule has 3 aromatic rings. The molecule has 4 rings (SSSR count). The van der Waals surface area contributed by atoms with Gasteiger partial charge in [0.25, 0.3) is 0 Å². The monoisotopic (exact) mass is 497 g/mol. The van der Waals surface area contributed by atoms with Crippen molar-refractivity contribution in [3.63, 3.8) is 0 Å². The molecule has 7 nitrogen and oxygen atoms in total. The van der Waals surface area contributed by atoms with E-state index in [9.17, 15) is 18.0 Å². The maximum Gasteiger partial charge on any atom is 0.339 e. The second-order valence-electron chi connectivity index (χ2n) is 9.41. The van der Waals surface area contributed by atoms with Crippen LogP contribution in [0.3, 0.4) is 0 Å². The molecule has 0 spiro atoms. The molecule has 0 bridgehead atoms. The molecular weight excluding hydrogens is 466 g/mol. The van der Waals surface area contributed by atoms with Crippen molar-refractivity contribution < 1.29 is 22.4 Å². The Morgan fingerprint density at radius 2 is 1.71 bits per heavy atom. The van der Waals surface area contributed by atoms with Gasteiger partial charge in [0.2, 0.25) is 10.0 Å². The maximum atomic E-state index is 13.4. The third kappa shape index (κ3) is 5.18. The van der Waals surface area contributed by atoms with E-state index in [0.717, 1.165) is 29.5 Å². The van der Waals surface area contributed by atoms with Gasteiger partial charge in [-0.1, -0.05) is 38.0 Å². The van der Waals surface area contributed by atoms with Crippen molar-refractivity contribution in [2.24, 2.45) is 5.92 Å². The molecule has 1 heterocycles. The molecule has 1 aliphatic carbocycles. The number of carbonyl (C=O) groups is 1. The number of nitrogens with one attached hydrogen (secondary N) is 1. The van der Waals surface area contributed by atoms with Crippen LogP contribution in [0.25, 0.3) is 11.0 Å². The van der Waals surface area contributed by atoms with Crippen LogP contribution in [-0.4, -0.2) is 20.4 Å². The van der Waals surface area contributed by atoms with Gasteiger partial charge in [0, 0.05) is 5.56 Å². The fraction of sp³-hybridized carbons (Fsp3) is 0.407. The van der Waals surface area contributed by atoms with Crippen molar-refractivity contribution in [2.45, 2.75) is 70.7 Å². The Morgan fingerprint density at radius 1 is 1.06 bits per heavy atom. The number of sulfonamides is 1. The third-order valence-electron chi connectivity index (χ3n) is 6.72. The number of rotatable bonds is 7. The van der Waals surface area contributed by atoms with E-state index in [1.54, 1.807) is 31.2 Å². The van der Waals surface area contributed by atoms with Crippen LogP contribution < -0.4 is 15.1 Å². The molecule has 0 saturated carbocycles. The second-order valence-corrected chi connectivity index (χ2v) is 11.1. The highest BCUT2D eigenvalue weighted by molar-refractivity contribution is 7.89. The van der Waals surface area contributed by atoms with E-state index < -0.39 is 22.0 Å². The van der Waals surface area contributed by atoms with Crippen LogP contribution in [0.2, 0.25) is 0 Å². The minimum absolute atomic E-state index is 0.0843. The van der Waals surface area contributed by atoms with E-state index in [1.165, 1.54) is 12.1 Å². The smallest absolute Gasteiger partial charge is 0.339 e. The number of esters is 1. The summed E-state index contributed by atoms with van der Waals surface area (Å²) >= 11 is 0. The van der Waals surface area contributed by atoms with Crippen LogP contribution in [0.1, 0.15) is 55.4 Å². The summed E-state index contributed by atoms with van der Waals surface area (Å²) in [7, 11) is -3.95. The van der Waals surface area contributed by atoms with Crippen LogP contribution in [-0.2, 0) is 27.7 Å². The zero-order chi connectivity index (χ0) is 25.3. The molecule has 8 heteroatoms. The fourth-order valence-corrected chi connectivity index (χ4v) is 5.80. The standard InChI is InChI=1S/C27H31NO6S/c1-5-18(4)25(28-35(31,32)19-12-10-16(2)11-13-19)27(30)34-23-15-17(3)14-22-24(23)20-8-6-7-9-21(20)26(29)33-22/h10-15,18,25,28H,5-9H2,1-4H3. The predicted octanol–water partition coefficient (Wildman–Crippen LogP) is 4.59. The van der Waals surface area contributed by atoms with Gasteiger partial charge in [-0.15, -0.1) is 0 Å². The number of hydrogen-bond donors (Lipinski definition) is 1. The molecule has 2 aromatic carbocycles. The molecule has 1 N–H and O–H groups in total. The lowest BCUT2D eigenvalue weighted by Crippen LogP contribution is -2.47. The average molecular weight is 498 g/mol. The number of carbonyl (C=O) groups excluding carboxylic acids is 1. The first-order valence-corrected chi connectivity index (χ1v) is 13.5. The Hall–Kier alpha value is -2.97. The Labute approximate surface area is 205 Å². The minimum atomic E-state index is -3.95. The number of hydrogen-bond acceptors (Lipinski definition) is 6. The molecule has 2 atom stereocenters. The van der Waals surface area contributed by atoms with Gasteiger partial charge in [-0.3, -0.25) is 0 Å². The van der Waals surface area contributed by atoms with Gasteiger partial charge in [0.05, 0.1) is 10.3 Å². The second kappa shape index (κ2) is 9.95. The Morgan fingerprint density at radius 3 is 2.37 bits per heavy atom. The van der Waals surface area contributed by atoms with Crippen molar-refractivity contribution in [1.29, 1.82) is 0 Å². The van der Waals surface area contributed by atoms with Crippen LogP contribution >= 0.6 is 0 Å². The summed E-state index contributed by atoms with van der Waals surface area (Å²) in [4.78, 5) is 26.0. The lowest BCUT2D eigenvalue weighted by molar-refractivity contribution is -0.137. The number of benzene rings is 2. The molecule has 0 fully saturated rings. The summed E-state index contributed by atoms with van der Waals surface area (Å²) < 4.78 is 40.1. The highest BCUT2D eigenvalue weighted by Crippen LogP contribution is 2.35. The van der Waals surface area contributed by atoms with E-state index >= 15 is 0 Å². The molecule has 35 heavy (non-hydrogen) atoms. The van der Waals surface area contributed by atoms with Gasteiger partial charge in [-0.2, -0.15) is 4.72 Å². The van der Waals surface area contributed by atoms with E-state index in [-0.39, 0.29) is 22.2 Å². The van der Waals surface area contributed by atoms with Gasteiger partial charge in [-0.05, 0) is 80.8 Å². The Balaban J connectivity index is 1.72. The lowest BCUT2D eigenvalue weighted by atomic mass is 9.90. The van der Waals surface area contributed by atoms with Crippen molar-refractivity contribution >= 4 is 27.0 Å². The summed E-state index contributed by atoms with van der Waals surface area (Å²) in [6.07, 6.45) is 3.72. The van der Waals surface area contributed by atoms with E-state index in [1.807, 2.05) is 20.8 Å².